The van der Waals surface area contributed by atoms with Gasteiger partial charge < -0.3 is 15.4 Å². The van der Waals surface area contributed by atoms with Crippen LogP contribution in [0.15, 0.2) is 54.9 Å². The predicted molar refractivity (Wildman–Crippen MR) is 109 cm³/mol. The zero-order chi connectivity index (χ0) is 22.4. The van der Waals surface area contributed by atoms with Gasteiger partial charge in [0.25, 0.3) is 0 Å². The molecule has 3 aromatic rings. The van der Waals surface area contributed by atoms with Crippen LogP contribution in [-0.4, -0.2) is 40.7 Å². The van der Waals surface area contributed by atoms with Crippen LogP contribution in [0, 0.1) is 0 Å². The number of halogens is 3. The maximum Gasteiger partial charge on any atom is 0.405 e. The lowest BCUT2D eigenvalue weighted by Crippen LogP contribution is -2.36. The summed E-state index contributed by atoms with van der Waals surface area (Å²) >= 11 is 0. The highest BCUT2D eigenvalue weighted by Crippen LogP contribution is 2.24. The Balaban J connectivity index is 1.77. The fraction of sp³-hybridized carbons (Fsp3) is 0.190. The lowest BCUT2D eigenvalue weighted by atomic mass is 10.1. The number of benzene rings is 1. The number of hydrogen-bond donors (Lipinski definition) is 2. The van der Waals surface area contributed by atoms with Crippen LogP contribution < -0.4 is 10.6 Å². The summed E-state index contributed by atoms with van der Waals surface area (Å²) in [7, 11) is 0. The average Bonchev–Trinajstić information content (AvgIpc) is 3.14. The Bertz CT molecular complexity index is 1120. The van der Waals surface area contributed by atoms with E-state index in [0.29, 0.717) is 23.5 Å². The fourth-order valence-electron chi connectivity index (χ4n) is 2.78. The standard InChI is InChI=1S/C21H19F3N4O3/c1-2-31-19(29)7-6-14-8-9-28-17(12-25-18(28)10-14)15-4-3-5-16(11-15)27-20(30)26-13-21(22,23)24/h3-12H,2,13H2,1H3,(H2,26,27,30). The molecule has 3 rings (SSSR count). The van der Waals surface area contributed by atoms with Gasteiger partial charge in [-0.2, -0.15) is 13.2 Å². The SMILES string of the molecule is CCOC(=O)C=Cc1ccn2c(-c3cccc(NC(=O)NCC(F)(F)F)c3)cnc2c1. The van der Waals surface area contributed by atoms with Crippen LogP contribution in [0.5, 0.6) is 0 Å². The summed E-state index contributed by atoms with van der Waals surface area (Å²) in [5, 5.41) is 4.14. The average molecular weight is 432 g/mol. The molecule has 0 unspecified atom stereocenters. The molecule has 10 heteroatoms. The molecule has 2 aromatic heterocycles. The number of carbonyl (C=O) groups excluding carboxylic acids is 2. The first-order valence-electron chi connectivity index (χ1n) is 9.29. The van der Waals surface area contributed by atoms with Crippen LogP contribution >= 0.6 is 0 Å². The van der Waals surface area contributed by atoms with Gasteiger partial charge in [-0.15, -0.1) is 0 Å². The molecule has 2 N–H and O–H groups in total. The number of aromatic nitrogens is 2. The second-order valence-electron chi connectivity index (χ2n) is 6.42. The summed E-state index contributed by atoms with van der Waals surface area (Å²) < 4.78 is 43.3. The van der Waals surface area contributed by atoms with Crippen molar-refractivity contribution in [2.75, 3.05) is 18.5 Å². The summed E-state index contributed by atoms with van der Waals surface area (Å²) in [6.07, 6.45) is 1.88. The van der Waals surface area contributed by atoms with Gasteiger partial charge in [0.05, 0.1) is 18.5 Å². The molecule has 0 fully saturated rings. The van der Waals surface area contributed by atoms with Gasteiger partial charge in [0.2, 0.25) is 0 Å². The number of amides is 2. The highest BCUT2D eigenvalue weighted by molar-refractivity contribution is 5.90. The van der Waals surface area contributed by atoms with Crippen molar-refractivity contribution in [2.45, 2.75) is 13.1 Å². The van der Waals surface area contributed by atoms with Gasteiger partial charge in [-0.25, -0.2) is 14.6 Å². The van der Waals surface area contributed by atoms with E-state index in [0.717, 1.165) is 11.3 Å². The van der Waals surface area contributed by atoms with Crippen molar-refractivity contribution >= 4 is 29.4 Å². The minimum atomic E-state index is -4.49. The maximum atomic E-state index is 12.2. The van der Waals surface area contributed by atoms with Gasteiger partial charge >= 0.3 is 18.2 Å². The van der Waals surface area contributed by atoms with Crippen LogP contribution in [-0.2, 0) is 9.53 Å². The molecule has 0 aliphatic carbocycles. The second-order valence-corrected chi connectivity index (χ2v) is 6.42. The highest BCUT2D eigenvalue weighted by atomic mass is 19.4. The van der Waals surface area contributed by atoms with Crippen molar-refractivity contribution in [2.24, 2.45) is 0 Å². The normalized spacial score (nSPS) is 11.6. The van der Waals surface area contributed by atoms with Gasteiger partial charge in [0, 0.05) is 23.5 Å². The number of carbonyl (C=O) groups is 2. The van der Waals surface area contributed by atoms with E-state index in [-0.39, 0.29) is 0 Å². The molecule has 2 heterocycles. The Hall–Kier alpha value is -3.82. The number of pyridine rings is 1. The van der Waals surface area contributed by atoms with Gasteiger partial charge in [0.15, 0.2) is 0 Å². The number of esters is 1. The molecule has 0 saturated heterocycles. The van der Waals surface area contributed by atoms with Crippen LogP contribution in [0.3, 0.4) is 0 Å². The number of rotatable bonds is 6. The molecule has 162 valence electrons. The number of urea groups is 1. The van der Waals surface area contributed by atoms with Crippen molar-refractivity contribution in [1.29, 1.82) is 0 Å². The molecule has 1 aromatic carbocycles. The van der Waals surface area contributed by atoms with Crippen LogP contribution in [0.2, 0.25) is 0 Å². The molecular weight excluding hydrogens is 413 g/mol. The van der Waals surface area contributed by atoms with Crippen molar-refractivity contribution < 1.29 is 27.5 Å². The summed E-state index contributed by atoms with van der Waals surface area (Å²) in [6, 6.07) is 9.28. The molecule has 0 spiro atoms. The van der Waals surface area contributed by atoms with Gasteiger partial charge in [-0.05, 0) is 42.8 Å². The Kier molecular flexibility index (Phi) is 6.58. The van der Waals surface area contributed by atoms with E-state index >= 15 is 0 Å². The molecule has 31 heavy (non-hydrogen) atoms. The van der Waals surface area contributed by atoms with E-state index in [9.17, 15) is 22.8 Å². The Labute approximate surface area is 175 Å². The van der Waals surface area contributed by atoms with Crippen molar-refractivity contribution in [3.05, 3.63) is 60.4 Å². The van der Waals surface area contributed by atoms with Gasteiger partial charge in [-0.3, -0.25) is 4.40 Å². The van der Waals surface area contributed by atoms with E-state index in [1.807, 2.05) is 4.40 Å². The third kappa shape index (κ3) is 6.08. The number of anilines is 1. The molecule has 7 nitrogen and oxygen atoms in total. The largest absolute Gasteiger partial charge is 0.463 e. The molecule has 0 aliphatic heterocycles. The van der Waals surface area contributed by atoms with Gasteiger partial charge in [0.1, 0.15) is 12.2 Å². The second kappa shape index (κ2) is 9.33. The Morgan fingerprint density at radius 1 is 1.23 bits per heavy atom. The number of ether oxygens (including phenoxy) is 1. The minimum absolute atomic E-state index is 0.295. The number of hydrogen-bond acceptors (Lipinski definition) is 4. The van der Waals surface area contributed by atoms with Crippen molar-refractivity contribution in [3.8, 4) is 11.3 Å². The Morgan fingerprint density at radius 2 is 2.03 bits per heavy atom. The lowest BCUT2D eigenvalue weighted by molar-refractivity contribution is -0.137. The highest BCUT2D eigenvalue weighted by Gasteiger charge is 2.27. The maximum absolute atomic E-state index is 12.2. The van der Waals surface area contributed by atoms with E-state index in [1.54, 1.807) is 67.1 Å². The third-order valence-electron chi connectivity index (χ3n) is 4.10. The molecule has 0 radical (unpaired) electrons. The number of imidazole rings is 1. The quantitative estimate of drug-likeness (QED) is 0.450. The monoisotopic (exact) mass is 432 g/mol. The Morgan fingerprint density at radius 3 is 2.77 bits per heavy atom. The smallest absolute Gasteiger partial charge is 0.405 e. The summed E-state index contributed by atoms with van der Waals surface area (Å²) in [6.45, 7) is 0.603. The molecule has 0 atom stereocenters. The number of nitrogens with zero attached hydrogens (tertiary/aromatic N) is 2. The molecule has 0 saturated carbocycles. The predicted octanol–water partition coefficient (Wildman–Crippen LogP) is 4.26. The summed E-state index contributed by atoms with van der Waals surface area (Å²) in [4.78, 5) is 27.5. The van der Waals surface area contributed by atoms with Crippen LogP contribution in [0.4, 0.5) is 23.7 Å². The molecule has 0 bridgehead atoms. The first kappa shape index (κ1) is 21.9. The van der Waals surface area contributed by atoms with E-state index in [1.165, 1.54) is 6.08 Å². The summed E-state index contributed by atoms with van der Waals surface area (Å²) in [5.74, 6) is -0.435. The first-order chi connectivity index (χ1) is 14.7. The number of fused-ring (bicyclic) bond motifs is 1. The topological polar surface area (TPSA) is 84.7 Å². The third-order valence-corrected chi connectivity index (χ3v) is 4.10. The van der Waals surface area contributed by atoms with Crippen LogP contribution in [0.25, 0.3) is 23.0 Å². The van der Waals surface area contributed by atoms with Crippen LogP contribution in [0.1, 0.15) is 12.5 Å². The zero-order valence-electron chi connectivity index (χ0n) is 16.4. The number of nitrogens with one attached hydrogen (secondary N) is 2. The number of alkyl halides is 3. The fourth-order valence-corrected chi connectivity index (χ4v) is 2.78. The van der Waals surface area contributed by atoms with E-state index in [2.05, 4.69) is 10.3 Å². The van der Waals surface area contributed by atoms with Crippen molar-refractivity contribution in [1.82, 2.24) is 14.7 Å². The summed E-state index contributed by atoms with van der Waals surface area (Å²) in [5.41, 5.74) is 3.14. The zero-order valence-corrected chi connectivity index (χ0v) is 16.4. The molecular formula is C21H19F3N4O3. The van der Waals surface area contributed by atoms with E-state index < -0.39 is 24.7 Å². The first-order valence-corrected chi connectivity index (χ1v) is 9.29. The van der Waals surface area contributed by atoms with E-state index in [4.69, 9.17) is 4.74 Å². The van der Waals surface area contributed by atoms with Gasteiger partial charge in [-0.1, -0.05) is 12.1 Å². The minimum Gasteiger partial charge on any atom is -0.463 e. The molecule has 0 aliphatic rings. The lowest BCUT2D eigenvalue weighted by Gasteiger charge is -2.10. The molecule has 2 amide bonds. The van der Waals surface area contributed by atoms with Crippen molar-refractivity contribution in [3.63, 3.8) is 0 Å².